The predicted octanol–water partition coefficient (Wildman–Crippen LogP) is 2.54. The quantitative estimate of drug-likeness (QED) is 0.573. The van der Waals surface area contributed by atoms with Gasteiger partial charge in [-0.1, -0.05) is 0 Å². The lowest BCUT2D eigenvalue weighted by atomic mass is 10.2. The zero-order valence-electron chi connectivity index (χ0n) is 19.0. The highest BCUT2D eigenvalue weighted by Crippen LogP contribution is 2.34. The first-order chi connectivity index (χ1) is 16.3. The fourth-order valence-electron chi connectivity index (χ4n) is 4.47. The van der Waals surface area contributed by atoms with E-state index in [1.807, 2.05) is 13.8 Å². The maximum atomic E-state index is 13.2. The number of nitrogens with one attached hydrogen (secondary N) is 1. The van der Waals surface area contributed by atoms with Crippen molar-refractivity contribution in [3.05, 3.63) is 46.9 Å². The zero-order chi connectivity index (χ0) is 24.0. The molecule has 3 heterocycles. The molecule has 1 aromatic heterocycles. The summed E-state index contributed by atoms with van der Waals surface area (Å²) < 4.78 is 41.2. The first kappa shape index (κ1) is 22.5. The van der Waals surface area contributed by atoms with E-state index < -0.39 is 15.9 Å². The minimum atomic E-state index is -3.67. The van der Waals surface area contributed by atoms with Crippen molar-refractivity contribution in [3.63, 3.8) is 0 Å². The molecule has 11 heteroatoms. The molecule has 0 saturated carbocycles. The molecule has 3 aromatic rings. The van der Waals surface area contributed by atoms with Gasteiger partial charge in [0.1, 0.15) is 6.54 Å². The largest absolute Gasteiger partial charge is 0.454 e. The molecule has 0 atom stereocenters. The van der Waals surface area contributed by atoms with Crippen LogP contribution >= 0.6 is 0 Å². The summed E-state index contributed by atoms with van der Waals surface area (Å²) in [5.41, 5.74) is 1.12. The molecule has 1 amide bonds. The first-order valence-electron chi connectivity index (χ1n) is 11.2. The molecule has 0 unspecified atom stereocenters. The van der Waals surface area contributed by atoms with Crippen molar-refractivity contribution in [3.8, 4) is 11.5 Å². The van der Waals surface area contributed by atoms with E-state index in [1.165, 1.54) is 21.0 Å². The van der Waals surface area contributed by atoms with Gasteiger partial charge in [-0.25, -0.2) is 13.2 Å². The molecule has 2 aliphatic heterocycles. The molecule has 10 nitrogen and oxygen atoms in total. The maximum Gasteiger partial charge on any atom is 0.329 e. The van der Waals surface area contributed by atoms with Gasteiger partial charge in [0.25, 0.3) is 0 Å². The number of anilines is 1. The fourth-order valence-corrected chi connectivity index (χ4v) is 6.01. The Labute approximate surface area is 196 Å². The molecular weight excluding hydrogens is 460 g/mol. The third-order valence-corrected chi connectivity index (χ3v) is 8.01. The van der Waals surface area contributed by atoms with E-state index in [0.717, 1.165) is 12.8 Å². The van der Waals surface area contributed by atoms with Crippen LogP contribution in [0.25, 0.3) is 11.0 Å². The molecule has 2 aromatic carbocycles. The van der Waals surface area contributed by atoms with E-state index >= 15 is 0 Å². The fraction of sp³-hybridized carbons (Fsp3) is 0.391. The minimum absolute atomic E-state index is 0.118. The van der Waals surface area contributed by atoms with E-state index in [-0.39, 0.29) is 30.0 Å². The average molecular weight is 487 g/mol. The Kier molecular flexibility index (Phi) is 5.61. The van der Waals surface area contributed by atoms with Crippen LogP contribution in [0.5, 0.6) is 11.5 Å². The van der Waals surface area contributed by atoms with Crippen molar-refractivity contribution < 1.29 is 22.7 Å². The topological polar surface area (TPSA) is 112 Å². The number of imidazole rings is 1. The van der Waals surface area contributed by atoms with Crippen molar-refractivity contribution in [1.82, 2.24) is 13.4 Å². The minimum Gasteiger partial charge on any atom is -0.454 e. The molecule has 1 N–H and O–H groups in total. The summed E-state index contributed by atoms with van der Waals surface area (Å²) in [5.74, 6) is 0.709. The van der Waals surface area contributed by atoms with Gasteiger partial charge >= 0.3 is 5.69 Å². The van der Waals surface area contributed by atoms with Crippen molar-refractivity contribution in [2.75, 3.05) is 25.2 Å². The number of sulfonamides is 1. The van der Waals surface area contributed by atoms with Crippen LogP contribution in [0.4, 0.5) is 5.69 Å². The predicted molar refractivity (Wildman–Crippen MR) is 126 cm³/mol. The van der Waals surface area contributed by atoms with E-state index in [2.05, 4.69) is 5.32 Å². The van der Waals surface area contributed by atoms with E-state index in [9.17, 15) is 18.0 Å². The molecule has 0 aliphatic carbocycles. The number of rotatable bonds is 6. The molecule has 180 valence electrons. The highest BCUT2D eigenvalue weighted by Gasteiger charge is 2.28. The molecule has 0 spiro atoms. The average Bonchev–Trinajstić information content (AvgIpc) is 3.53. The Morgan fingerprint density at radius 1 is 1.03 bits per heavy atom. The van der Waals surface area contributed by atoms with E-state index in [4.69, 9.17) is 9.47 Å². The number of fused-ring (bicyclic) bond motifs is 2. The highest BCUT2D eigenvalue weighted by molar-refractivity contribution is 7.89. The van der Waals surface area contributed by atoms with Crippen LogP contribution in [0.15, 0.2) is 46.1 Å². The first-order valence-corrected chi connectivity index (χ1v) is 12.6. The zero-order valence-corrected chi connectivity index (χ0v) is 19.8. The standard InChI is InChI=1S/C23H26N4O6S/c1-15(2)27-18-7-6-17(34(30,31)25-9-3-4-10-25)12-19(18)26(23(27)29)13-22(28)24-16-5-8-20-21(11-16)33-14-32-20/h5-8,11-12,15H,3-4,9-10,13-14H2,1-2H3,(H,24,28). The van der Waals surface area contributed by atoms with Gasteiger partial charge in [-0.2, -0.15) is 4.31 Å². The summed E-state index contributed by atoms with van der Waals surface area (Å²) in [4.78, 5) is 26.2. The highest BCUT2D eigenvalue weighted by atomic mass is 32.2. The Bertz CT molecular complexity index is 1430. The number of hydrogen-bond donors (Lipinski definition) is 1. The monoisotopic (exact) mass is 486 g/mol. The van der Waals surface area contributed by atoms with Crippen molar-refractivity contribution in [2.45, 2.75) is 44.2 Å². The number of aromatic nitrogens is 2. The van der Waals surface area contributed by atoms with Gasteiger partial charge in [0.15, 0.2) is 11.5 Å². The van der Waals surface area contributed by atoms with Gasteiger partial charge in [-0.15, -0.1) is 0 Å². The molecule has 5 rings (SSSR count). The van der Waals surface area contributed by atoms with E-state index in [0.29, 0.717) is 41.3 Å². The summed E-state index contributed by atoms with van der Waals surface area (Å²) in [6.45, 7) is 4.56. The van der Waals surface area contributed by atoms with Crippen molar-refractivity contribution in [2.24, 2.45) is 0 Å². The Morgan fingerprint density at radius 3 is 2.50 bits per heavy atom. The Morgan fingerprint density at radius 2 is 1.76 bits per heavy atom. The normalized spacial score (nSPS) is 16.0. The smallest absolute Gasteiger partial charge is 0.329 e. The number of carbonyl (C=O) groups excluding carboxylic acids is 1. The molecule has 2 aliphatic rings. The lowest BCUT2D eigenvalue weighted by Crippen LogP contribution is -2.30. The van der Waals surface area contributed by atoms with Crippen molar-refractivity contribution >= 4 is 32.7 Å². The van der Waals surface area contributed by atoms with Crippen LogP contribution < -0.4 is 20.5 Å². The SMILES string of the molecule is CC(C)n1c(=O)n(CC(=O)Nc2ccc3c(c2)OCO3)c2cc(S(=O)(=O)N3CCCC3)ccc21. The van der Waals surface area contributed by atoms with Gasteiger partial charge in [-0.3, -0.25) is 13.9 Å². The third kappa shape index (κ3) is 3.84. The summed E-state index contributed by atoms with van der Waals surface area (Å²) in [6.07, 6.45) is 1.66. The van der Waals surface area contributed by atoms with Crippen LogP contribution in [-0.4, -0.2) is 47.6 Å². The van der Waals surface area contributed by atoms with Gasteiger partial charge in [0.05, 0.1) is 15.9 Å². The number of amides is 1. The number of benzene rings is 2. The Balaban J connectivity index is 1.50. The van der Waals surface area contributed by atoms with Crippen LogP contribution in [0, 0.1) is 0 Å². The Hall–Kier alpha value is -3.31. The van der Waals surface area contributed by atoms with Crippen LogP contribution in [-0.2, 0) is 21.4 Å². The second-order valence-electron chi connectivity index (χ2n) is 8.71. The molecule has 1 fully saturated rings. The van der Waals surface area contributed by atoms with Gasteiger partial charge in [0.2, 0.25) is 22.7 Å². The molecule has 34 heavy (non-hydrogen) atoms. The number of nitrogens with zero attached hydrogens (tertiary/aromatic N) is 3. The third-order valence-electron chi connectivity index (χ3n) is 6.11. The molecule has 1 saturated heterocycles. The summed E-state index contributed by atoms with van der Waals surface area (Å²) in [5, 5.41) is 2.77. The lowest BCUT2D eigenvalue weighted by molar-refractivity contribution is -0.116. The lowest BCUT2D eigenvalue weighted by Gasteiger charge is -2.16. The number of hydrogen-bond acceptors (Lipinski definition) is 6. The maximum absolute atomic E-state index is 13.2. The van der Waals surface area contributed by atoms with Crippen LogP contribution in [0.3, 0.4) is 0 Å². The number of carbonyl (C=O) groups is 1. The van der Waals surface area contributed by atoms with Crippen LogP contribution in [0.2, 0.25) is 0 Å². The molecule has 0 bridgehead atoms. The van der Waals surface area contributed by atoms with Crippen LogP contribution in [0.1, 0.15) is 32.7 Å². The summed E-state index contributed by atoms with van der Waals surface area (Å²) in [6, 6.07) is 9.54. The van der Waals surface area contributed by atoms with Crippen molar-refractivity contribution in [1.29, 1.82) is 0 Å². The number of ether oxygens (including phenoxy) is 2. The second-order valence-corrected chi connectivity index (χ2v) is 10.6. The van der Waals surface area contributed by atoms with Gasteiger partial charge in [-0.05, 0) is 57.0 Å². The summed E-state index contributed by atoms with van der Waals surface area (Å²) >= 11 is 0. The molecular formula is C23H26N4O6S. The molecule has 0 radical (unpaired) electrons. The van der Waals surface area contributed by atoms with Gasteiger partial charge in [0, 0.05) is 30.9 Å². The second kappa shape index (κ2) is 8.48. The van der Waals surface area contributed by atoms with E-state index in [1.54, 1.807) is 28.8 Å². The summed E-state index contributed by atoms with van der Waals surface area (Å²) in [7, 11) is -3.67. The van der Waals surface area contributed by atoms with Gasteiger partial charge < -0.3 is 14.8 Å².